The van der Waals surface area contributed by atoms with Crippen molar-refractivity contribution in [1.29, 1.82) is 0 Å². The molecule has 0 radical (unpaired) electrons. The Morgan fingerprint density at radius 3 is 2.21 bits per heavy atom. The maximum atomic E-state index is 12.5. The molecule has 0 bridgehead atoms. The summed E-state index contributed by atoms with van der Waals surface area (Å²) >= 11 is 0. The molecule has 0 aromatic heterocycles. The smallest absolute Gasteiger partial charge is 0.401 e. The third kappa shape index (κ3) is 4.72. The number of nitrogens with zero attached hydrogens (tertiary/aromatic N) is 1. The van der Waals surface area contributed by atoms with Crippen LogP contribution in [0.3, 0.4) is 0 Å². The van der Waals surface area contributed by atoms with Gasteiger partial charge >= 0.3 is 6.18 Å². The van der Waals surface area contributed by atoms with Gasteiger partial charge in [-0.1, -0.05) is 19.1 Å². The van der Waals surface area contributed by atoms with Crippen LogP contribution in [0.1, 0.15) is 18.5 Å². The highest BCUT2D eigenvalue weighted by Gasteiger charge is 2.33. The fourth-order valence-corrected chi connectivity index (χ4v) is 1.99. The van der Waals surface area contributed by atoms with Crippen molar-refractivity contribution in [1.82, 2.24) is 4.90 Å². The van der Waals surface area contributed by atoms with E-state index in [4.69, 9.17) is 10.5 Å². The lowest BCUT2D eigenvalue weighted by molar-refractivity contribution is -0.150. The van der Waals surface area contributed by atoms with Crippen molar-refractivity contribution in [3.63, 3.8) is 0 Å². The van der Waals surface area contributed by atoms with E-state index in [1.807, 2.05) is 0 Å². The number of likely N-dealkylation sites (N-methyl/N-ethyl adjacent to an activating group) is 1. The molecule has 2 N–H and O–H groups in total. The highest BCUT2D eigenvalue weighted by Crippen LogP contribution is 2.26. The lowest BCUT2D eigenvalue weighted by atomic mass is 10.0. The number of halogens is 3. The summed E-state index contributed by atoms with van der Waals surface area (Å²) in [4.78, 5) is 1.32. The van der Waals surface area contributed by atoms with Crippen molar-refractivity contribution in [3.8, 4) is 5.75 Å². The van der Waals surface area contributed by atoms with Gasteiger partial charge in [0.1, 0.15) is 5.75 Å². The Balaban J connectivity index is 2.89. The SMILES string of the molecule is CCN(CC(F)(F)F)C(CN)c1ccc(OC)cc1. The predicted octanol–water partition coefficient (Wildman–Crippen LogP) is 2.58. The average Bonchev–Trinajstić information content (AvgIpc) is 2.37. The Kier molecular flexibility index (Phi) is 5.62. The summed E-state index contributed by atoms with van der Waals surface area (Å²) in [6.45, 7) is 1.15. The second-order valence-corrected chi connectivity index (χ2v) is 4.20. The van der Waals surface area contributed by atoms with Gasteiger partial charge in [-0.3, -0.25) is 4.90 Å². The Labute approximate surface area is 111 Å². The summed E-state index contributed by atoms with van der Waals surface area (Å²) in [6.07, 6.45) is -4.23. The summed E-state index contributed by atoms with van der Waals surface area (Å²) in [5.41, 5.74) is 6.39. The molecule has 0 aliphatic rings. The highest BCUT2D eigenvalue weighted by atomic mass is 19.4. The van der Waals surface area contributed by atoms with Gasteiger partial charge in [-0.15, -0.1) is 0 Å². The largest absolute Gasteiger partial charge is 0.497 e. The molecular formula is C13H19F3N2O. The first kappa shape index (κ1) is 15.8. The number of hydrogen-bond acceptors (Lipinski definition) is 3. The molecule has 0 aliphatic carbocycles. The van der Waals surface area contributed by atoms with E-state index in [1.165, 1.54) is 12.0 Å². The molecule has 1 rings (SSSR count). The summed E-state index contributed by atoms with van der Waals surface area (Å²) in [5, 5.41) is 0. The van der Waals surface area contributed by atoms with Crippen LogP contribution in [0.4, 0.5) is 13.2 Å². The van der Waals surface area contributed by atoms with Gasteiger partial charge in [0.2, 0.25) is 0 Å². The molecule has 1 aromatic carbocycles. The van der Waals surface area contributed by atoms with E-state index in [2.05, 4.69) is 0 Å². The minimum Gasteiger partial charge on any atom is -0.497 e. The van der Waals surface area contributed by atoms with Crippen LogP contribution in [0, 0.1) is 0 Å². The second-order valence-electron chi connectivity index (χ2n) is 4.20. The highest BCUT2D eigenvalue weighted by molar-refractivity contribution is 5.29. The number of alkyl halides is 3. The van der Waals surface area contributed by atoms with Crippen molar-refractivity contribution >= 4 is 0 Å². The van der Waals surface area contributed by atoms with E-state index < -0.39 is 18.8 Å². The first-order chi connectivity index (χ1) is 8.91. The van der Waals surface area contributed by atoms with Crippen molar-refractivity contribution in [3.05, 3.63) is 29.8 Å². The Morgan fingerprint density at radius 2 is 1.84 bits per heavy atom. The minimum absolute atomic E-state index is 0.135. The van der Waals surface area contributed by atoms with Crippen molar-refractivity contribution < 1.29 is 17.9 Å². The van der Waals surface area contributed by atoms with E-state index in [0.717, 1.165) is 5.56 Å². The molecule has 1 aromatic rings. The molecule has 0 amide bonds. The van der Waals surface area contributed by atoms with Gasteiger partial charge in [0, 0.05) is 12.6 Å². The average molecular weight is 276 g/mol. The lowest BCUT2D eigenvalue weighted by Crippen LogP contribution is -2.40. The normalized spacial score (nSPS) is 13.6. The first-order valence-corrected chi connectivity index (χ1v) is 6.06. The third-order valence-electron chi connectivity index (χ3n) is 2.95. The molecule has 0 heterocycles. The molecule has 19 heavy (non-hydrogen) atoms. The van der Waals surface area contributed by atoms with E-state index in [0.29, 0.717) is 5.75 Å². The number of ether oxygens (including phenoxy) is 1. The zero-order valence-corrected chi connectivity index (χ0v) is 11.1. The van der Waals surface area contributed by atoms with Crippen molar-refractivity contribution in [2.24, 2.45) is 5.73 Å². The standard InChI is InChI=1S/C13H19F3N2O/c1-3-18(9-13(14,15)16)12(8-17)10-4-6-11(19-2)7-5-10/h4-7,12H,3,8-9,17H2,1-2H3. The second kappa shape index (κ2) is 6.77. The molecule has 0 fully saturated rings. The van der Waals surface area contributed by atoms with Gasteiger partial charge in [-0.25, -0.2) is 0 Å². The van der Waals surface area contributed by atoms with Crippen LogP contribution in [0.15, 0.2) is 24.3 Å². The van der Waals surface area contributed by atoms with Crippen LogP contribution in [0.5, 0.6) is 5.75 Å². The van der Waals surface area contributed by atoms with E-state index in [1.54, 1.807) is 31.2 Å². The van der Waals surface area contributed by atoms with Gasteiger partial charge in [0.25, 0.3) is 0 Å². The van der Waals surface area contributed by atoms with Crippen LogP contribution >= 0.6 is 0 Å². The third-order valence-corrected chi connectivity index (χ3v) is 2.95. The zero-order valence-electron chi connectivity index (χ0n) is 11.1. The number of nitrogens with two attached hydrogens (primary N) is 1. The molecule has 0 saturated carbocycles. The van der Waals surface area contributed by atoms with Crippen LogP contribution in [-0.4, -0.2) is 37.8 Å². The molecule has 0 saturated heterocycles. The topological polar surface area (TPSA) is 38.5 Å². The Hall–Kier alpha value is -1.27. The lowest BCUT2D eigenvalue weighted by Gasteiger charge is -2.30. The van der Waals surface area contributed by atoms with Crippen LogP contribution in [0.25, 0.3) is 0 Å². The Morgan fingerprint density at radius 1 is 1.26 bits per heavy atom. The quantitative estimate of drug-likeness (QED) is 0.868. The van der Waals surface area contributed by atoms with Crippen molar-refractivity contribution in [2.75, 3.05) is 26.7 Å². The van der Waals surface area contributed by atoms with E-state index in [-0.39, 0.29) is 13.1 Å². The number of benzene rings is 1. The van der Waals surface area contributed by atoms with Gasteiger partial charge in [-0.05, 0) is 24.2 Å². The maximum absolute atomic E-state index is 12.5. The summed E-state index contributed by atoms with van der Waals surface area (Å²) < 4.78 is 42.6. The maximum Gasteiger partial charge on any atom is 0.401 e. The van der Waals surface area contributed by atoms with Crippen LogP contribution < -0.4 is 10.5 Å². The number of methoxy groups -OCH3 is 1. The molecule has 1 unspecified atom stereocenters. The molecule has 108 valence electrons. The van der Waals surface area contributed by atoms with Crippen molar-refractivity contribution in [2.45, 2.75) is 19.1 Å². The van der Waals surface area contributed by atoms with Gasteiger partial charge < -0.3 is 10.5 Å². The van der Waals surface area contributed by atoms with E-state index >= 15 is 0 Å². The Bertz CT molecular complexity index is 378. The predicted molar refractivity (Wildman–Crippen MR) is 68.1 cm³/mol. The zero-order chi connectivity index (χ0) is 14.5. The summed E-state index contributed by atoms with van der Waals surface area (Å²) in [6, 6.07) is 6.49. The first-order valence-electron chi connectivity index (χ1n) is 6.06. The summed E-state index contributed by atoms with van der Waals surface area (Å²) in [5.74, 6) is 0.665. The molecule has 0 spiro atoms. The fourth-order valence-electron chi connectivity index (χ4n) is 1.99. The molecule has 1 atom stereocenters. The monoisotopic (exact) mass is 276 g/mol. The fraction of sp³-hybridized carbons (Fsp3) is 0.538. The molecule has 6 heteroatoms. The van der Waals surface area contributed by atoms with Gasteiger partial charge in [0.15, 0.2) is 0 Å². The van der Waals surface area contributed by atoms with Crippen LogP contribution in [0.2, 0.25) is 0 Å². The number of rotatable bonds is 6. The minimum atomic E-state index is -4.23. The van der Waals surface area contributed by atoms with Gasteiger partial charge in [0.05, 0.1) is 13.7 Å². The molecule has 3 nitrogen and oxygen atoms in total. The molecule has 0 aliphatic heterocycles. The van der Waals surface area contributed by atoms with E-state index in [9.17, 15) is 13.2 Å². The molecular weight excluding hydrogens is 257 g/mol. The van der Waals surface area contributed by atoms with Crippen LogP contribution in [-0.2, 0) is 0 Å². The summed E-state index contributed by atoms with van der Waals surface area (Å²) in [7, 11) is 1.54. The van der Waals surface area contributed by atoms with Gasteiger partial charge in [-0.2, -0.15) is 13.2 Å². The number of hydrogen-bond donors (Lipinski definition) is 1.